The molecule has 0 saturated carbocycles. The molecule has 0 aliphatic rings. The average molecular weight is 270 g/mol. The van der Waals surface area contributed by atoms with E-state index in [2.05, 4.69) is 5.10 Å². The third-order valence-electron chi connectivity index (χ3n) is 3.58. The molecule has 0 radical (unpaired) electrons. The summed E-state index contributed by atoms with van der Waals surface area (Å²) < 4.78 is 5.29. The minimum atomic E-state index is 0.00901. The van der Waals surface area contributed by atoms with Crippen LogP contribution in [-0.4, -0.2) is 18.9 Å². The summed E-state index contributed by atoms with van der Waals surface area (Å²) in [4.78, 5) is 12.2. The summed E-state index contributed by atoms with van der Waals surface area (Å²) in [6.07, 6.45) is 3.66. The second-order valence-corrected chi connectivity index (χ2v) is 5.30. The second kappa shape index (κ2) is 4.67. The highest BCUT2D eigenvalue weighted by Gasteiger charge is 2.11. The number of hydrogen-bond donors (Lipinski definition) is 0. The molecule has 0 amide bonds. The highest BCUT2D eigenvalue weighted by Crippen LogP contribution is 2.17. The molecule has 3 rings (SSSR count). The molecular weight excluding hydrogens is 252 g/mol. The van der Waals surface area contributed by atoms with Crippen molar-refractivity contribution in [2.45, 2.75) is 26.4 Å². The van der Waals surface area contributed by atoms with Crippen LogP contribution >= 0.6 is 0 Å². The van der Waals surface area contributed by atoms with Gasteiger partial charge in [0.2, 0.25) is 0 Å². The molecule has 104 valence electrons. The lowest BCUT2D eigenvalue weighted by Gasteiger charge is -2.04. The Morgan fingerprint density at radius 3 is 2.65 bits per heavy atom. The van der Waals surface area contributed by atoms with Gasteiger partial charge in [-0.2, -0.15) is 5.10 Å². The standard InChI is InChI=1S/C15H18N4O/c1-11(2)19-9-8-18(15(19)20)10-13-12-6-4-5-7-14(12)17(3)16-13/h4-9,11H,10H2,1-3H3. The number of rotatable bonds is 3. The first kappa shape index (κ1) is 12.7. The van der Waals surface area contributed by atoms with Crippen LogP contribution in [0.1, 0.15) is 25.6 Å². The van der Waals surface area contributed by atoms with Gasteiger partial charge >= 0.3 is 5.69 Å². The van der Waals surface area contributed by atoms with Crippen molar-refractivity contribution in [3.8, 4) is 0 Å². The summed E-state index contributed by atoms with van der Waals surface area (Å²) in [5.74, 6) is 0. The number of benzene rings is 1. The van der Waals surface area contributed by atoms with Gasteiger partial charge in [0.05, 0.1) is 17.8 Å². The summed E-state index contributed by atoms with van der Waals surface area (Å²) in [5.41, 5.74) is 2.01. The molecule has 0 fully saturated rings. The van der Waals surface area contributed by atoms with Crippen LogP contribution in [0.15, 0.2) is 41.5 Å². The quantitative estimate of drug-likeness (QED) is 0.732. The molecule has 0 unspecified atom stereocenters. The van der Waals surface area contributed by atoms with E-state index in [-0.39, 0.29) is 11.7 Å². The van der Waals surface area contributed by atoms with E-state index in [0.29, 0.717) is 6.54 Å². The van der Waals surface area contributed by atoms with Gasteiger partial charge in [-0.15, -0.1) is 0 Å². The molecule has 0 spiro atoms. The van der Waals surface area contributed by atoms with Gasteiger partial charge < -0.3 is 0 Å². The maximum absolute atomic E-state index is 12.2. The smallest absolute Gasteiger partial charge is 0.297 e. The van der Waals surface area contributed by atoms with Crippen molar-refractivity contribution in [3.63, 3.8) is 0 Å². The van der Waals surface area contributed by atoms with Crippen molar-refractivity contribution in [2.75, 3.05) is 0 Å². The zero-order valence-electron chi connectivity index (χ0n) is 11.9. The summed E-state index contributed by atoms with van der Waals surface area (Å²) in [6.45, 7) is 4.50. The van der Waals surface area contributed by atoms with Crippen LogP contribution in [0, 0.1) is 0 Å². The lowest BCUT2D eigenvalue weighted by molar-refractivity contribution is 0.559. The maximum atomic E-state index is 12.2. The molecule has 5 nitrogen and oxygen atoms in total. The van der Waals surface area contributed by atoms with Gasteiger partial charge in [0.15, 0.2) is 0 Å². The van der Waals surface area contributed by atoms with Crippen LogP contribution in [0.4, 0.5) is 0 Å². The van der Waals surface area contributed by atoms with Crippen molar-refractivity contribution in [2.24, 2.45) is 7.05 Å². The molecule has 0 aliphatic carbocycles. The molecule has 0 bridgehead atoms. The maximum Gasteiger partial charge on any atom is 0.328 e. The van der Waals surface area contributed by atoms with E-state index in [0.717, 1.165) is 16.6 Å². The fourth-order valence-electron chi connectivity index (χ4n) is 2.51. The Bertz CT molecular complexity index is 807. The van der Waals surface area contributed by atoms with E-state index in [4.69, 9.17) is 0 Å². The minimum absolute atomic E-state index is 0.00901. The van der Waals surface area contributed by atoms with Crippen molar-refractivity contribution >= 4 is 10.9 Å². The Morgan fingerprint density at radius 1 is 1.20 bits per heavy atom. The van der Waals surface area contributed by atoms with Gasteiger partial charge in [-0.05, 0) is 19.9 Å². The monoisotopic (exact) mass is 270 g/mol. The first-order valence-corrected chi connectivity index (χ1v) is 6.76. The average Bonchev–Trinajstić information content (AvgIpc) is 2.93. The molecule has 0 aliphatic heterocycles. The van der Waals surface area contributed by atoms with E-state index in [1.165, 1.54) is 0 Å². The first-order valence-electron chi connectivity index (χ1n) is 6.76. The molecule has 2 aromatic heterocycles. The molecule has 3 aromatic rings. The number of para-hydroxylation sites is 1. The highest BCUT2D eigenvalue weighted by molar-refractivity contribution is 5.81. The number of aromatic nitrogens is 4. The number of nitrogens with zero attached hydrogens (tertiary/aromatic N) is 4. The Hall–Kier alpha value is -2.30. The van der Waals surface area contributed by atoms with E-state index in [1.54, 1.807) is 9.13 Å². The fourth-order valence-corrected chi connectivity index (χ4v) is 2.51. The molecule has 0 N–H and O–H groups in total. The predicted molar refractivity (Wildman–Crippen MR) is 78.9 cm³/mol. The highest BCUT2D eigenvalue weighted by atomic mass is 16.1. The SMILES string of the molecule is CC(C)n1ccn(Cc2nn(C)c3ccccc23)c1=O. The van der Waals surface area contributed by atoms with Crippen LogP contribution in [0.5, 0.6) is 0 Å². The summed E-state index contributed by atoms with van der Waals surface area (Å²) in [5, 5.41) is 5.62. The van der Waals surface area contributed by atoms with Gasteiger partial charge in [0.25, 0.3) is 0 Å². The molecule has 0 saturated heterocycles. The van der Waals surface area contributed by atoms with Crippen molar-refractivity contribution < 1.29 is 0 Å². The lowest BCUT2D eigenvalue weighted by Crippen LogP contribution is -2.25. The normalized spacial score (nSPS) is 11.6. The first-order chi connectivity index (χ1) is 9.58. The van der Waals surface area contributed by atoms with Crippen LogP contribution in [0.3, 0.4) is 0 Å². The third-order valence-corrected chi connectivity index (χ3v) is 3.58. The lowest BCUT2D eigenvalue weighted by atomic mass is 10.2. The topological polar surface area (TPSA) is 44.8 Å². The van der Waals surface area contributed by atoms with Crippen LogP contribution in [0.25, 0.3) is 10.9 Å². The predicted octanol–water partition coefficient (Wildman–Crippen LogP) is 2.17. The van der Waals surface area contributed by atoms with Crippen LogP contribution in [0.2, 0.25) is 0 Å². The van der Waals surface area contributed by atoms with Gasteiger partial charge in [-0.1, -0.05) is 18.2 Å². The van der Waals surface area contributed by atoms with Crippen molar-refractivity contribution in [1.82, 2.24) is 18.9 Å². The second-order valence-electron chi connectivity index (χ2n) is 5.30. The number of aryl methyl sites for hydroxylation is 1. The fraction of sp³-hybridized carbons (Fsp3) is 0.333. The Kier molecular flexibility index (Phi) is 2.97. The van der Waals surface area contributed by atoms with Gasteiger partial charge in [-0.25, -0.2) is 4.79 Å². The molecule has 2 heterocycles. The van der Waals surface area contributed by atoms with Crippen molar-refractivity contribution in [3.05, 3.63) is 52.8 Å². The molecule has 20 heavy (non-hydrogen) atoms. The summed E-state index contributed by atoms with van der Waals surface area (Å²) >= 11 is 0. The molecule has 5 heteroatoms. The number of fused-ring (bicyclic) bond motifs is 1. The van der Waals surface area contributed by atoms with Gasteiger partial charge in [0.1, 0.15) is 0 Å². The number of imidazole rings is 1. The van der Waals surface area contributed by atoms with Crippen molar-refractivity contribution in [1.29, 1.82) is 0 Å². The Morgan fingerprint density at radius 2 is 1.95 bits per heavy atom. The number of hydrogen-bond acceptors (Lipinski definition) is 2. The summed E-state index contributed by atoms with van der Waals surface area (Å²) in [6, 6.07) is 8.24. The summed E-state index contributed by atoms with van der Waals surface area (Å²) in [7, 11) is 1.92. The zero-order valence-corrected chi connectivity index (χ0v) is 11.9. The molecule has 1 aromatic carbocycles. The van der Waals surface area contributed by atoms with E-state index >= 15 is 0 Å². The zero-order chi connectivity index (χ0) is 14.3. The van der Waals surface area contributed by atoms with E-state index in [1.807, 2.05) is 62.2 Å². The minimum Gasteiger partial charge on any atom is -0.297 e. The van der Waals surface area contributed by atoms with E-state index in [9.17, 15) is 4.79 Å². The Labute approximate surface area is 117 Å². The third kappa shape index (κ3) is 1.95. The van der Waals surface area contributed by atoms with E-state index < -0.39 is 0 Å². The van der Waals surface area contributed by atoms with Gasteiger partial charge in [-0.3, -0.25) is 13.8 Å². The largest absolute Gasteiger partial charge is 0.328 e. The van der Waals surface area contributed by atoms with Crippen LogP contribution in [-0.2, 0) is 13.6 Å². The molecule has 0 atom stereocenters. The molecular formula is C15H18N4O. The van der Waals surface area contributed by atoms with Gasteiger partial charge in [0, 0.05) is 30.9 Å². The Balaban J connectivity index is 2.04. The van der Waals surface area contributed by atoms with Crippen LogP contribution < -0.4 is 5.69 Å².